The summed E-state index contributed by atoms with van der Waals surface area (Å²) in [5, 5.41) is 15.6. The fraction of sp³-hybridized carbons (Fsp3) is 0.238. The quantitative estimate of drug-likeness (QED) is 0.536. The van der Waals surface area contributed by atoms with Crippen LogP contribution in [0.15, 0.2) is 51.4 Å². The number of fused-ring (bicyclic) bond motifs is 1. The summed E-state index contributed by atoms with van der Waals surface area (Å²) >= 11 is 0. The Bertz CT molecular complexity index is 1200. The number of oxazole rings is 1. The molecule has 0 saturated carbocycles. The van der Waals surface area contributed by atoms with Crippen LogP contribution in [0.4, 0.5) is 5.88 Å². The van der Waals surface area contributed by atoms with Crippen LogP contribution in [0.2, 0.25) is 0 Å². The SMILES string of the molecule is Cc1noc(C2CCN(c3oc(-c4cccc5ccccc45)nc3C#N)C2)n1. The molecule has 0 spiro atoms. The molecule has 1 aliphatic heterocycles. The van der Waals surface area contributed by atoms with E-state index in [4.69, 9.17) is 8.94 Å². The fourth-order valence-corrected chi connectivity index (χ4v) is 3.75. The number of hydrogen-bond donors (Lipinski definition) is 0. The first kappa shape index (κ1) is 16.5. The largest absolute Gasteiger partial charge is 0.419 e. The normalized spacial score (nSPS) is 16.6. The molecule has 1 atom stereocenters. The Labute approximate surface area is 161 Å². The molecule has 1 saturated heterocycles. The summed E-state index contributed by atoms with van der Waals surface area (Å²) in [5.41, 5.74) is 1.18. The van der Waals surface area contributed by atoms with Crippen LogP contribution in [0.25, 0.3) is 22.2 Å². The van der Waals surface area contributed by atoms with Gasteiger partial charge in [-0.15, -0.1) is 0 Å². The average Bonchev–Trinajstić information content (AvgIpc) is 3.46. The molecule has 3 heterocycles. The minimum absolute atomic E-state index is 0.124. The molecular weight excluding hydrogens is 354 g/mol. The predicted octanol–water partition coefficient (Wildman–Crippen LogP) is 4.05. The zero-order valence-electron chi connectivity index (χ0n) is 15.3. The van der Waals surface area contributed by atoms with Crippen LogP contribution in [-0.4, -0.2) is 28.2 Å². The van der Waals surface area contributed by atoms with Crippen molar-refractivity contribution in [3.63, 3.8) is 0 Å². The molecule has 138 valence electrons. The summed E-state index contributed by atoms with van der Waals surface area (Å²) in [4.78, 5) is 10.8. The minimum Gasteiger partial charge on any atom is -0.419 e. The highest BCUT2D eigenvalue weighted by molar-refractivity contribution is 5.94. The maximum atomic E-state index is 9.60. The van der Waals surface area contributed by atoms with Gasteiger partial charge in [0, 0.05) is 18.7 Å². The second-order valence-electron chi connectivity index (χ2n) is 6.92. The van der Waals surface area contributed by atoms with Crippen molar-refractivity contribution in [1.82, 2.24) is 15.1 Å². The summed E-state index contributed by atoms with van der Waals surface area (Å²) in [6, 6.07) is 16.2. The molecule has 7 nitrogen and oxygen atoms in total. The molecule has 0 N–H and O–H groups in total. The molecule has 5 rings (SSSR count). The zero-order valence-corrected chi connectivity index (χ0v) is 15.3. The van der Waals surface area contributed by atoms with Crippen molar-refractivity contribution in [2.24, 2.45) is 0 Å². The Kier molecular flexibility index (Phi) is 3.83. The van der Waals surface area contributed by atoms with Gasteiger partial charge in [0.25, 0.3) is 0 Å². The molecule has 0 amide bonds. The summed E-state index contributed by atoms with van der Waals surface area (Å²) in [6.07, 6.45) is 0.858. The van der Waals surface area contributed by atoms with E-state index in [1.54, 1.807) is 6.92 Å². The lowest BCUT2D eigenvalue weighted by molar-refractivity contribution is 0.356. The van der Waals surface area contributed by atoms with E-state index in [-0.39, 0.29) is 5.92 Å². The van der Waals surface area contributed by atoms with Crippen LogP contribution >= 0.6 is 0 Å². The molecule has 2 aromatic heterocycles. The van der Waals surface area contributed by atoms with E-state index >= 15 is 0 Å². The number of nitrogens with zero attached hydrogens (tertiary/aromatic N) is 5. The number of aromatic nitrogens is 3. The van der Waals surface area contributed by atoms with Gasteiger partial charge in [0.05, 0.1) is 5.92 Å². The molecule has 1 unspecified atom stereocenters. The second kappa shape index (κ2) is 6.50. The monoisotopic (exact) mass is 371 g/mol. The van der Waals surface area contributed by atoms with Crippen molar-refractivity contribution in [3.05, 3.63) is 59.9 Å². The van der Waals surface area contributed by atoms with Gasteiger partial charge in [0.1, 0.15) is 6.07 Å². The number of aryl methyl sites for hydroxylation is 1. The molecule has 0 aliphatic carbocycles. The van der Waals surface area contributed by atoms with Crippen LogP contribution in [-0.2, 0) is 0 Å². The Morgan fingerprint density at radius 2 is 2.00 bits per heavy atom. The van der Waals surface area contributed by atoms with Gasteiger partial charge in [0.15, 0.2) is 5.82 Å². The Morgan fingerprint density at radius 3 is 2.82 bits per heavy atom. The summed E-state index contributed by atoms with van der Waals surface area (Å²) in [5.74, 6) is 2.35. The third-order valence-corrected chi connectivity index (χ3v) is 5.10. The van der Waals surface area contributed by atoms with E-state index in [1.165, 1.54) is 0 Å². The van der Waals surface area contributed by atoms with E-state index in [0.29, 0.717) is 35.7 Å². The first-order chi connectivity index (χ1) is 13.7. The average molecular weight is 371 g/mol. The number of rotatable bonds is 3. The molecule has 4 aromatic rings. The number of nitriles is 1. The first-order valence-electron chi connectivity index (χ1n) is 9.17. The smallest absolute Gasteiger partial charge is 0.235 e. The van der Waals surface area contributed by atoms with Crippen molar-refractivity contribution in [2.75, 3.05) is 18.0 Å². The van der Waals surface area contributed by atoms with Gasteiger partial charge < -0.3 is 13.8 Å². The maximum absolute atomic E-state index is 9.60. The van der Waals surface area contributed by atoms with Gasteiger partial charge in [-0.05, 0) is 30.2 Å². The van der Waals surface area contributed by atoms with Gasteiger partial charge in [-0.1, -0.05) is 41.6 Å². The van der Waals surface area contributed by atoms with Crippen molar-refractivity contribution >= 4 is 16.7 Å². The molecule has 0 radical (unpaired) electrons. The number of benzene rings is 2. The fourth-order valence-electron chi connectivity index (χ4n) is 3.75. The molecule has 1 fully saturated rings. The van der Waals surface area contributed by atoms with Crippen LogP contribution in [0.1, 0.15) is 29.7 Å². The maximum Gasteiger partial charge on any atom is 0.235 e. The predicted molar refractivity (Wildman–Crippen MR) is 103 cm³/mol. The number of hydrogen-bond acceptors (Lipinski definition) is 7. The Balaban J connectivity index is 1.50. The van der Waals surface area contributed by atoms with Crippen LogP contribution in [0, 0.1) is 18.3 Å². The van der Waals surface area contributed by atoms with E-state index in [0.717, 1.165) is 29.3 Å². The van der Waals surface area contributed by atoms with Gasteiger partial charge in [-0.3, -0.25) is 0 Å². The van der Waals surface area contributed by atoms with Gasteiger partial charge in [-0.2, -0.15) is 15.2 Å². The lowest BCUT2D eigenvalue weighted by Crippen LogP contribution is -2.19. The van der Waals surface area contributed by atoms with Crippen LogP contribution < -0.4 is 4.90 Å². The summed E-state index contributed by atoms with van der Waals surface area (Å²) in [7, 11) is 0. The highest BCUT2D eigenvalue weighted by atomic mass is 16.5. The van der Waals surface area contributed by atoms with Gasteiger partial charge >= 0.3 is 0 Å². The third kappa shape index (κ3) is 2.70. The van der Waals surface area contributed by atoms with Crippen LogP contribution in [0.3, 0.4) is 0 Å². The van der Waals surface area contributed by atoms with Crippen molar-refractivity contribution in [3.8, 4) is 17.5 Å². The van der Waals surface area contributed by atoms with E-state index < -0.39 is 0 Å². The van der Waals surface area contributed by atoms with E-state index in [9.17, 15) is 5.26 Å². The van der Waals surface area contributed by atoms with E-state index in [2.05, 4.69) is 21.2 Å². The van der Waals surface area contributed by atoms with Gasteiger partial charge in [-0.25, -0.2) is 0 Å². The van der Waals surface area contributed by atoms with Gasteiger partial charge in [0.2, 0.25) is 23.4 Å². The minimum atomic E-state index is 0.124. The molecular formula is C21H17N5O2. The third-order valence-electron chi connectivity index (χ3n) is 5.10. The van der Waals surface area contributed by atoms with Crippen LogP contribution in [0.5, 0.6) is 0 Å². The lowest BCUT2D eigenvalue weighted by atomic mass is 10.0. The topological polar surface area (TPSA) is 92.0 Å². The van der Waals surface area contributed by atoms with Crippen molar-refractivity contribution in [1.29, 1.82) is 5.26 Å². The second-order valence-corrected chi connectivity index (χ2v) is 6.92. The molecule has 1 aliphatic rings. The molecule has 2 aromatic carbocycles. The summed E-state index contributed by atoms with van der Waals surface area (Å²) in [6.45, 7) is 3.20. The molecule has 0 bridgehead atoms. The zero-order chi connectivity index (χ0) is 19.1. The lowest BCUT2D eigenvalue weighted by Gasteiger charge is -2.13. The van der Waals surface area contributed by atoms with E-state index in [1.807, 2.05) is 47.4 Å². The highest BCUT2D eigenvalue weighted by Gasteiger charge is 2.32. The summed E-state index contributed by atoms with van der Waals surface area (Å²) < 4.78 is 11.4. The molecule has 28 heavy (non-hydrogen) atoms. The first-order valence-corrected chi connectivity index (χ1v) is 9.17. The highest BCUT2D eigenvalue weighted by Crippen LogP contribution is 2.36. The standard InChI is InChI=1S/C21H17N5O2/c1-13-23-19(28-25-13)15-9-10-26(12-15)21-18(11-22)24-20(27-21)17-8-4-6-14-5-2-3-7-16(14)17/h2-8,15H,9-10,12H2,1H3. The Hall–Kier alpha value is -3.66. The molecule has 7 heteroatoms. The van der Waals surface area contributed by atoms with Crippen molar-refractivity contribution < 1.29 is 8.94 Å². The van der Waals surface area contributed by atoms with Crippen molar-refractivity contribution in [2.45, 2.75) is 19.3 Å². The Morgan fingerprint density at radius 1 is 1.14 bits per heavy atom. The number of anilines is 1.